The zero-order valence-corrected chi connectivity index (χ0v) is 14.0. The van der Waals surface area contributed by atoms with Gasteiger partial charge in [0.15, 0.2) is 5.82 Å². The summed E-state index contributed by atoms with van der Waals surface area (Å²) in [5, 5.41) is 11.4. The molecule has 1 fully saturated rings. The van der Waals surface area contributed by atoms with Crippen molar-refractivity contribution in [2.45, 2.75) is 19.5 Å². The van der Waals surface area contributed by atoms with Crippen molar-refractivity contribution < 1.29 is 9.18 Å². The lowest BCUT2D eigenvalue weighted by atomic mass is 10.00. The summed E-state index contributed by atoms with van der Waals surface area (Å²) < 4.78 is 13.0. The van der Waals surface area contributed by atoms with Crippen LogP contribution in [0, 0.1) is 12.8 Å². The molecule has 5 N–H and O–H groups in total. The number of nitrogens with zero attached hydrogens (tertiary/aromatic N) is 3. The molecule has 0 radical (unpaired) electrons. The zero-order chi connectivity index (χ0) is 18.4. The van der Waals surface area contributed by atoms with Crippen LogP contribution >= 0.6 is 0 Å². The van der Waals surface area contributed by atoms with Gasteiger partial charge in [0.1, 0.15) is 17.5 Å². The van der Waals surface area contributed by atoms with Crippen LogP contribution in [0.1, 0.15) is 12.0 Å². The van der Waals surface area contributed by atoms with Gasteiger partial charge in [0, 0.05) is 17.1 Å². The number of aryl methyl sites for hydroxylation is 1. The summed E-state index contributed by atoms with van der Waals surface area (Å²) >= 11 is 0. The summed E-state index contributed by atoms with van der Waals surface area (Å²) in [5.74, 6) is -0.256. The van der Waals surface area contributed by atoms with Crippen LogP contribution in [0.3, 0.4) is 0 Å². The molecule has 26 heavy (non-hydrogen) atoms. The Morgan fingerprint density at radius 2 is 2.00 bits per heavy atom. The first-order valence-electron chi connectivity index (χ1n) is 8.17. The number of pyridine rings is 1. The molecular weight excluding hydrogens is 335 g/mol. The maximum atomic E-state index is 13.0. The van der Waals surface area contributed by atoms with Crippen LogP contribution in [0.25, 0.3) is 22.0 Å². The SMILES string of the molecule is Cc1cc(N)ncc1-c1cc(N)c2nnc(NC(=O)C3CC3F)cc2c1. The van der Waals surface area contributed by atoms with E-state index in [-0.39, 0.29) is 18.1 Å². The fourth-order valence-electron chi connectivity index (χ4n) is 2.94. The molecule has 0 saturated heterocycles. The number of benzene rings is 1. The summed E-state index contributed by atoms with van der Waals surface area (Å²) in [4.78, 5) is 16.0. The molecule has 0 bridgehead atoms. The van der Waals surface area contributed by atoms with Gasteiger partial charge in [0.25, 0.3) is 0 Å². The van der Waals surface area contributed by atoms with Gasteiger partial charge < -0.3 is 16.8 Å². The summed E-state index contributed by atoms with van der Waals surface area (Å²) in [6.45, 7) is 1.94. The molecular formula is C18H17FN6O. The first-order valence-corrected chi connectivity index (χ1v) is 8.17. The quantitative estimate of drug-likeness (QED) is 0.623. The molecule has 1 saturated carbocycles. The van der Waals surface area contributed by atoms with Gasteiger partial charge in [-0.3, -0.25) is 4.79 Å². The Labute approximate surface area is 148 Å². The minimum absolute atomic E-state index is 0.257. The third-order valence-corrected chi connectivity index (χ3v) is 4.46. The molecule has 3 aromatic rings. The van der Waals surface area contributed by atoms with Gasteiger partial charge in [0.05, 0.1) is 11.6 Å². The molecule has 2 atom stereocenters. The van der Waals surface area contributed by atoms with E-state index in [1.54, 1.807) is 24.4 Å². The van der Waals surface area contributed by atoms with Gasteiger partial charge in [-0.1, -0.05) is 0 Å². The van der Waals surface area contributed by atoms with Crippen LogP contribution in [-0.2, 0) is 4.79 Å². The second-order valence-electron chi connectivity index (χ2n) is 6.50. The highest BCUT2D eigenvalue weighted by Gasteiger charge is 2.43. The van der Waals surface area contributed by atoms with E-state index in [1.165, 1.54) is 0 Å². The molecule has 132 valence electrons. The number of anilines is 3. The predicted molar refractivity (Wildman–Crippen MR) is 98.0 cm³/mol. The van der Waals surface area contributed by atoms with Gasteiger partial charge in [0.2, 0.25) is 5.91 Å². The number of fused-ring (bicyclic) bond motifs is 1. The van der Waals surface area contributed by atoms with Gasteiger partial charge >= 0.3 is 0 Å². The first kappa shape index (κ1) is 16.2. The van der Waals surface area contributed by atoms with Crippen LogP contribution in [0.15, 0.2) is 30.5 Å². The average molecular weight is 352 g/mol. The number of hydrogen-bond donors (Lipinski definition) is 3. The first-order chi connectivity index (χ1) is 12.4. The monoisotopic (exact) mass is 352 g/mol. The van der Waals surface area contributed by atoms with E-state index in [1.807, 2.05) is 13.0 Å². The summed E-state index contributed by atoms with van der Waals surface area (Å²) in [6.07, 6.45) is 0.886. The molecule has 1 aliphatic rings. The van der Waals surface area contributed by atoms with Crippen LogP contribution in [-0.4, -0.2) is 27.3 Å². The third kappa shape index (κ3) is 2.90. The molecule has 2 aromatic heterocycles. The number of hydrogen-bond acceptors (Lipinski definition) is 6. The van der Waals surface area contributed by atoms with Crippen molar-refractivity contribution >= 4 is 34.1 Å². The highest BCUT2D eigenvalue weighted by Crippen LogP contribution is 2.35. The van der Waals surface area contributed by atoms with Crippen LogP contribution in [0.4, 0.5) is 21.7 Å². The molecule has 0 aliphatic heterocycles. The highest BCUT2D eigenvalue weighted by atomic mass is 19.1. The van der Waals surface area contributed by atoms with E-state index in [4.69, 9.17) is 11.5 Å². The third-order valence-electron chi connectivity index (χ3n) is 4.46. The maximum absolute atomic E-state index is 13.0. The highest BCUT2D eigenvalue weighted by molar-refractivity contribution is 5.98. The fraction of sp³-hybridized carbons (Fsp3) is 0.222. The van der Waals surface area contributed by atoms with E-state index in [0.717, 1.165) is 16.7 Å². The number of nitrogens with two attached hydrogens (primary N) is 2. The Morgan fingerprint density at radius 1 is 1.23 bits per heavy atom. The summed E-state index contributed by atoms with van der Waals surface area (Å²) in [5.41, 5.74) is 15.5. The second-order valence-corrected chi connectivity index (χ2v) is 6.50. The predicted octanol–water partition coefficient (Wildman–Crippen LogP) is 2.46. The zero-order valence-electron chi connectivity index (χ0n) is 14.0. The van der Waals surface area contributed by atoms with Crippen molar-refractivity contribution in [1.82, 2.24) is 15.2 Å². The lowest BCUT2D eigenvalue weighted by Gasteiger charge is -2.10. The Kier molecular flexibility index (Phi) is 3.68. The Bertz CT molecular complexity index is 1040. The van der Waals surface area contributed by atoms with E-state index in [9.17, 15) is 9.18 Å². The number of carbonyl (C=O) groups excluding carboxylic acids is 1. The van der Waals surface area contributed by atoms with Crippen LogP contribution in [0.5, 0.6) is 0 Å². The summed E-state index contributed by atoms with van der Waals surface area (Å²) in [6, 6.07) is 7.16. The lowest BCUT2D eigenvalue weighted by molar-refractivity contribution is -0.117. The largest absolute Gasteiger partial charge is 0.397 e. The van der Waals surface area contributed by atoms with Crippen molar-refractivity contribution in [3.05, 3.63) is 36.0 Å². The number of amides is 1. The lowest BCUT2D eigenvalue weighted by Crippen LogP contribution is -2.16. The van der Waals surface area contributed by atoms with Crippen LogP contribution in [0.2, 0.25) is 0 Å². The molecule has 2 unspecified atom stereocenters. The molecule has 4 rings (SSSR count). The van der Waals surface area contributed by atoms with Gasteiger partial charge in [-0.2, -0.15) is 0 Å². The average Bonchev–Trinajstić information content (AvgIpc) is 3.31. The molecule has 1 aromatic carbocycles. The van der Waals surface area contributed by atoms with Crippen molar-refractivity contribution in [1.29, 1.82) is 0 Å². The fourth-order valence-corrected chi connectivity index (χ4v) is 2.94. The maximum Gasteiger partial charge on any atom is 0.231 e. The number of nitrogens with one attached hydrogen (secondary N) is 1. The normalized spacial score (nSPS) is 18.7. The molecule has 1 aliphatic carbocycles. The van der Waals surface area contributed by atoms with Crippen molar-refractivity contribution in [2.75, 3.05) is 16.8 Å². The molecule has 7 nitrogen and oxygen atoms in total. The molecule has 8 heteroatoms. The van der Waals surface area contributed by atoms with Crippen LogP contribution < -0.4 is 16.8 Å². The Hall–Kier alpha value is -3.29. The number of aromatic nitrogens is 3. The van der Waals surface area contributed by atoms with Gasteiger partial charge in [-0.05, 0) is 48.7 Å². The Balaban J connectivity index is 1.73. The molecule has 1 amide bonds. The van der Waals surface area contributed by atoms with Crippen molar-refractivity contribution in [3.8, 4) is 11.1 Å². The number of halogens is 1. The van der Waals surface area contributed by atoms with E-state index < -0.39 is 12.1 Å². The summed E-state index contributed by atoms with van der Waals surface area (Å²) in [7, 11) is 0. The van der Waals surface area contributed by atoms with E-state index in [0.29, 0.717) is 22.4 Å². The number of rotatable bonds is 3. The smallest absolute Gasteiger partial charge is 0.231 e. The molecule has 2 heterocycles. The number of nitrogen functional groups attached to an aromatic ring is 2. The Morgan fingerprint density at radius 3 is 2.69 bits per heavy atom. The van der Waals surface area contributed by atoms with E-state index in [2.05, 4.69) is 20.5 Å². The second kappa shape index (κ2) is 5.91. The minimum atomic E-state index is -1.06. The van der Waals surface area contributed by atoms with Gasteiger partial charge in [-0.25, -0.2) is 9.37 Å². The number of alkyl halides is 1. The topological polar surface area (TPSA) is 120 Å². The van der Waals surface area contributed by atoms with E-state index >= 15 is 0 Å². The van der Waals surface area contributed by atoms with Crippen molar-refractivity contribution in [2.24, 2.45) is 5.92 Å². The minimum Gasteiger partial charge on any atom is -0.397 e. The number of carbonyl (C=O) groups is 1. The molecule has 0 spiro atoms. The standard InChI is InChI=1S/C18H17FN6O/c1-8-2-15(21)22-7-12(8)9-3-10-5-16(23-18(26)11-6-13(11)19)24-25-17(10)14(20)4-9/h2-5,7,11,13H,6,20H2,1H3,(H2,21,22)(H,23,24,26). The van der Waals surface area contributed by atoms with Crippen molar-refractivity contribution in [3.63, 3.8) is 0 Å². The van der Waals surface area contributed by atoms with Gasteiger partial charge in [-0.15, -0.1) is 10.2 Å².